The molecular formula is C9H14BrN3O. The number of hydrogen-bond donors (Lipinski definition) is 2. The molecule has 0 aliphatic carbocycles. The fourth-order valence-corrected chi connectivity index (χ4v) is 1.44. The second kappa shape index (κ2) is 5.80. The number of unbranched alkanes of at least 4 members (excludes halogenated alkanes) is 2. The van der Waals surface area contributed by atoms with Crippen LogP contribution in [0.15, 0.2) is 15.5 Å². The quantitative estimate of drug-likeness (QED) is 0.797. The molecule has 0 fully saturated rings. The highest BCUT2D eigenvalue weighted by atomic mass is 79.9. The molecular weight excluding hydrogens is 246 g/mol. The molecule has 0 atom stereocenters. The number of aromatic nitrogens is 2. The molecule has 1 heterocycles. The summed E-state index contributed by atoms with van der Waals surface area (Å²) in [5, 5.41) is 9.22. The van der Waals surface area contributed by atoms with Crippen molar-refractivity contribution in [2.24, 2.45) is 0 Å². The zero-order valence-electron chi connectivity index (χ0n) is 8.14. The van der Waals surface area contributed by atoms with Crippen LogP contribution in [0.3, 0.4) is 0 Å². The van der Waals surface area contributed by atoms with Crippen LogP contribution < -0.4 is 10.9 Å². The second-order valence-corrected chi connectivity index (χ2v) is 3.85. The van der Waals surface area contributed by atoms with E-state index in [1.807, 2.05) is 0 Å². The number of hydrogen-bond acceptors (Lipinski definition) is 3. The Bertz CT molecular complexity index is 337. The van der Waals surface area contributed by atoms with Crippen LogP contribution in [-0.4, -0.2) is 16.7 Å². The summed E-state index contributed by atoms with van der Waals surface area (Å²) in [6.45, 7) is 3.03. The molecule has 78 valence electrons. The maximum absolute atomic E-state index is 11.1. The number of rotatable bonds is 5. The topological polar surface area (TPSA) is 57.8 Å². The van der Waals surface area contributed by atoms with E-state index in [0.29, 0.717) is 4.47 Å². The van der Waals surface area contributed by atoms with Crippen molar-refractivity contribution in [2.75, 3.05) is 11.9 Å². The van der Waals surface area contributed by atoms with E-state index in [4.69, 9.17) is 0 Å². The van der Waals surface area contributed by atoms with Gasteiger partial charge in [-0.2, -0.15) is 5.10 Å². The predicted octanol–water partition coefficient (Wildman–Crippen LogP) is 2.13. The SMILES string of the molecule is CCCCCNc1cn[nH]c(=O)c1Br. The molecule has 0 bridgehead atoms. The normalized spacial score (nSPS) is 10.1. The van der Waals surface area contributed by atoms with E-state index >= 15 is 0 Å². The summed E-state index contributed by atoms with van der Waals surface area (Å²) in [6.07, 6.45) is 5.10. The van der Waals surface area contributed by atoms with Gasteiger partial charge in [0.2, 0.25) is 0 Å². The molecule has 2 N–H and O–H groups in total. The van der Waals surface area contributed by atoms with Crippen LogP contribution in [0.5, 0.6) is 0 Å². The molecule has 0 radical (unpaired) electrons. The first-order chi connectivity index (χ1) is 6.75. The maximum atomic E-state index is 11.1. The number of nitrogens with zero attached hydrogens (tertiary/aromatic N) is 1. The molecule has 0 aliphatic rings. The third kappa shape index (κ3) is 3.14. The van der Waals surface area contributed by atoms with Gasteiger partial charge in [-0.15, -0.1) is 0 Å². The Morgan fingerprint density at radius 3 is 3.07 bits per heavy atom. The summed E-state index contributed by atoms with van der Waals surface area (Å²) in [5.74, 6) is 0. The molecule has 1 aromatic rings. The monoisotopic (exact) mass is 259 g/mol. The van der Waals surface area contributed by atoms with Crippen LogP contribution in [-0.2, 0) is 0 Å². The third-order valence-electron chi connectivity index (χ3n) is 1.89. The Balaban J connectivity index is 2.51. The van der Waals surface area contributed by atoms with Gasteiger partial charge in [-0.25, -0.2) is 5.10 Å². The lowest BCUT2D eigenvalue weighted by Gasteiger charge is -2.05. The summed E-state index contributed by atoms with van der Waals surface area (Å²) in [7, 11) is 0. The fraction of sp³-hybridized carbons (Fsp3) is 0.556. The van der Waals surface area contributed by atoms with Crippen molar-refractivity contribution in [1.29, 1.82) is 0 Å². The minimum absolute atomic E-state index is 0.203. The summed E-state index contributed by atoms with van der Waals surface area (Å²) >= 11 is 3.20. The Kier molecular flexibility index (Phi) is 4.65. The van der Waals surface area contributed by atoms with Crippen molar-refractivity contribution in [1.82, 2.24) is 10.2 Å². The average Bonchev–Trinajstić information content (AvgIpc) is 2.19. The van der Waals surface area contributed by atoms with Gasteiger partial charge in [0.15, 0.2) is 0 Å². The molecule has 0 saturated heterocycles. The van der Waals surface area contributed by atoms with Gasteiger partial charge in [0.25, 0.3) is 5.56 Å². The molecule has 14 heavy (non-hydrogen) atoms. The van der Waals surface area contributed by atoms with Crippen LogP contribution in [0, 0.1) is 0 Å². The summed E-state index contributed by atoms with van der Waals surface area (Å²) in [6, 6.07) is 0. The lowest BCUT2D eigenvalue weighted by Crippen LogP contribution is -2.12. The summed E-state index contributed by atoms with van der Waals surface area (Å²) in [5.41, 5.74) is 0.551. The molecule has 1 aromatic heterocycles. The highest BCUT2D eigenvalue weighted by Crippen LogP contribution is 2.15. The Morgan fingerprint density at radius 1 is 1.57 bits per heavy atom. The van der Waals surface area contributed by atoms with Gasteiger partial charge in [0, 0.05) is 6.54 Å². The van der Waals surface area contributed by atoms with E-state index in [2.05, 4.69) is 38.4 Å². The molecule has 0 aromatic carbocycles. The number of halogens is 1. The van der Waals surface area contributed by atoms with Crippen molar-refractivity contribution in [2.45, 2.75) is 26.2 Å². The minimum Gasteiger partial charge on any atom is -0.383 e. The lowest BCUT2D eigenvalue weighted by atomic mass is 10.2. The van der Waals surface area contributed by atoms with Crippen molar-refractivity contribution in [3.63, 3.8) is 0 Å². The van der Waals surface area contributed by atoms with Crippen LogP contribution in [0.2, 0.25) is 0 Å². The van der Waals surface area contributed by atoms with Crippen molar-refractivity contribution in [3.8, 4) is 0 Å². The smallest absolute Gasteiger partial charge is 0.280 e. The highest BCUT2D eigenvalue weighted by molar-refractivity contribution is 9.10. The molecule has 1 rings (SSSR count). The Hall–Kier alpha value is -0.840. The standard InChI is InChI=1S/C9H14BrN3O/c1-2-3-4-5-11-7-6-12-13-9(14)8(7)10/h6H,2-5H2,1H3,(H2,11,13,14). The fourth-order valence-electron chi connectivity index (χ4n) is 1.10. The molecule has 0 unspecified atom stereocenters. The largest absolute Gasteiger partial charge is 0.383 e. The minimum atomic E-state index is -0.203. The predicted molar refractivity (Wildman–Crippen MR) is 60.6 cm³/mol. The average molecular weight is 260 g/mol. The van der Waals surface area contributed by atoms with Gasteiger partial charge in [0.05, 0.1) is 11.9 Å². The summed E-state index contributed by atoms with van der Waals surface area (Å²) in [4.78, 5) is 11.1. The van der Waals surface area contributed by atoms with Crippen molar-refractivity contribution < 1.29 is 0 Å². The van der Waals surface area contributed by atoms with E-state index in [-0.39, 0.29) is 5.56 Å². The zero-order chi connectivity index (χ0) is 10.4. The summed E-state index contributed by atoms with van der Waals surface area (Å²) < 4.78 is 0.518. The van der Waals surface area contributed by atoms with Gasteiger partial charge in [-0.1, -0.05) is 19.8 Å². The first kappa shape index (κ1) is 11.2. The van der Waals surface area contributed by atoms with Crippen molar-refractivity contribution >= 4 is 21.6 Å². The van der Waals surface area contributed by atoms with Crippen LogP contribution in [0.1, 0.15) is 26.2 Å². The van der Waals surface area contributed by atoms with Crippen molar-refractivity contribution in [3.05, 3.63) is 21.0 Å². The van der Waals surface area contributed by atoms with Crippen LogP contribution in [0.4, 0.5) is 5.69 Å². The van der Waals surface area contributed by atoms with Crippen LogP contribution in [0.25, 0.3) is 0 Å². The van der Waals surface area contributed by atoms with Gasteiger partial charge in [-0.05, 0) is 22.4 Å². The van der Waals surface area contributed by atoms with E-state index in [1.54, 1.807) is 6.20 Å². The molecule has 0 aliphatic heterocycles. The van der Waals surface area contributed by atoms with Gasteiger partial charge in [0.1, 0.15) is 4.47 Å². The Labute approximate surface area is 91.2 Å². The highest BCUT2D eigenvalue weighted by Gasteiger charge is 2.02. The second-order valence-electron chi connectivity index (χ2n) is 3.06. The molecule has 4 nitrogen and oxygen atoms in total. The molecule has 5 heteroatoms. The van der Waals surface area contributed by atoms with Gasteiger partial charge in [-0.3, -0.25) is 4.79 Å². The first-order valence-corrected chi connectivity index (χ1v) is 5.52. The zero-order valence-corrected chi connectivity index (χ0v) is 9.73. The number of anilines is 1. The van der Waals surface area contributed by atoms with Gasteiger partial charge >= 0.3 is 0 Å². The van der Waals surface area contributed by atoms with E-state index in [9.17, 15) is 4.79 Å². The van der Waals surface area contributed by atoms with Gasteiger partial charge < -0.3 is 5.32 Å². The molecule has 0 amide bonds. The Morgan fingerprint density at radius 2 is 2.36 bits per heavy atom. The van der Waals surface area contributed by atoms with E-state index < -0.39 is 0 Å². The number of nitrogens with one attached hydrogen (secondary N) is 2. The maximum Gasteiger partial charge on any atom is 0.280 e. The third-order valence-corrected chi connectivity index (χ3v) is 2.68. The molecule has 0 spiro atoms. The van der Waals surface area contributed by atoms with E-state index in [0.717, 1.165) is 18.7 Å². The number of aromatic amines is 1. The van der Waals surface area contributed by atoms with Crippen LogP contribution >= 0.6 is 15.9 Å². The van der Waals surface area contributed by atoms with E-state index in [1.165, 1.54) is 12.8 Å². The lowest BCUT2D eigenvalue weighted by molar-refractivity contribution is 0.743. The molecule has 0 saturated carbocycles. The number of H-pyrrole nitrogens is 1. The first-order valence-electron chi connectivity index (χ1n) is 4.72.